The van der Waals surface area contributed by atoms with Crippen LogP contribution in [0.15, 0.2) is 18.2 Å². The predicted molar refractivity (Wildman–Crippen MR) is 91.3 cm³/mol. The number of rotatable bonds is 4. The van der Waals surface area contributed by atoms with Gasteiger partial charge in [-0.25, -0.2) is 0 Å². The second kappa shape index (κ2) is 6.33. The molecule has 0 unspecified atom stereocenters. The highest BCUT2D eigenvalue weighted by Gasteiger charge is 2.51. The first-order valence-corrected chi connectivity index (χ1v) is 8.68. The third-order valence-electron chi connectivity index (χ3n) is 5.90. The van der Waals surface area contributed by atoms with Gasteiger partial charge in [0.15, 0.2) is 11.5 Å². The van der Waals surface area contributed by atoms with Gasteiger partial charge in [-0.3, -0.25) is 4.90 Å². The van der Waals surface area contributed by atoms with E-state index in [4.69, 9.17) is 9.47 Å². The first-order chi connectivity index (χ1) is 11.0. The van der Waals surface area contributed by atoms with Gasteiger partial charge >= 0.3 is 0 Å². The van der Waals surface area contributed by atoms with Crippen LogP contribution in [0, 0.1) is 0 Å². The molecule has 4 heteroatoms. The molecule has 1 aliphatic heterocycles. The van der Waals surface area contributed by atoms with Gasteiger partial charge < -0.3 is 14.6 Å². The summed E-state index contributed by atoms with van der Waals surface area (Å²) in [6.45, 7) is 5.61. The molecule has 0 aromatic heterocycles. The van der Waals surface area contributed by atoms with Crippen LogP contribution < -0.4 is 9.47 Å². The molecule has 2 fully saturated rings. The lowest BCUT2D eigenvalue weighted by Gasteiger charge is -2.45. The smallest absolute Gasteiger partial charge is 0.161 e. The van der Waals surface area contributed by atoms with Gasteiger partial charge in [0, 0.05) is 17.5 Å². The van der Waals surface area contributed by atoms with Gasteiger partial charge in [-0.05, 0) is 63.8 Å². The summed E-state index contributed by atoms with van der Waals surface area (Å²) in [7, 11) is 3.36. The maximum atomic E-state index is 10.2. The fourth-order valence-electron chi connectivity index (χ4n) is 4.67. The quantitative estimate of drug-likeness (QED) is 0.926. The van der Waals surface area contributed by atoms with Crippen molar-refractivity contribution in [2.24, 2.45) is 0 Å². The van der Waals surface area contributed by atoms with Gasteiger partial charge in [0.2, 0.25) is 0 Å². The van der Waals surface area contributed by atoms with Crippen LogP contribution in [-0.2, 0) is 5.41 Å². The van der Waals surface area contributed by atoms with Gasteiger partial charge in [0.1, 0.15) is 0 Å². The standard InChI is InChI=1S/C19H29NO3/c1-13(2)20-10-9-19(8-7-15(21)12-18(19)20)14-5-6-16(22-3)17(11-14)23-4/h5-6,11,13,15,18,21H,7-10,12H2,1-4H3/t15-,18+,19+/m1/s1. The maximum Gasteiger partial charge on any atom is 0.161 e. The first kappa shape index (κ1) is 16.6. The molecule has 3 atom stereocenters. The molecule has 0 radical (unpaired) electrons. The summed E-state index contributed by atoms with van der Waals surface area (Å²) in [6, 6.07) is 7.27. The second-order valence-corrected chi connectivity index (χ2v) is 7.25. The Hall–Kier alpha value is -1.26. The number of hydrogen-bond donors (Lipinski definition) is 1. The Balaban J connectivity index is 2.01. The van der Waals surface area contributed by atoms with Crippen molar-refractivity contribution in [3.05, 3.63) is 23.8 Å². The number of benzene rings is 1. The molecular weight excluding hydrogens is 290 g/mol. The largest absolute Gasteiger partial charge is 0.493 e. The van der Waals surface area contributed by atoms with Crippen LogP contribution in [-0.4, -0.2) is 49.0 Å². The van der Waals surface area contributed by atoms with E-state index in [9.17, 15) is 5.11 Å². The van der Waals surface area contributed by atoms with Crippen molar-refractivity contribution in [2.45, 2.75) is 63.1 Å². The molecule has 1 N–H and O–H groups in total. The highest BCUT2D eigenvalue weighted by Crippen LogP contribution is 2.50. The molecule has 2 aliphatic rings. The van der Waals surface area contributed by atoms with Crippen molar-refractivity contribution in [1.82, 2.24) is 4.90 Å². The van der Waals surface area contributed by atoms with Crippen LogP contribution in [0.2, 0.25) is 0 Å². The molecule has 4 nitrogen and oxygen atoms in total. The summed E-state index contributed by atoms with van der Waals surface area (Å²) in [4.78, 5) is 2.57. The third kappa shape index (κ3) is 2.72. The lowest BCUT2D eigenvalue weighted by Crippen LogP contribution is -2.50. The summed E-state index contributed by atoms with van der Waals surface area (Å²) >= 11 is 0. The lowest BCUT2D eigenvalue weighted by molar-refractivity contribution is 0.0394. The summed E-state index contributed by atoms with van der Waals surface area (Å²) in [6.07, 6.45) is 3.77. The Morgan fingerprint density at radius 1 is 1.17 bits per heavy atom. The van der Waals surface area contributed by atoms with Gasteiger partial charge in [0.25, 0.3) is 0 Å². The molecule has 1 heterocycles. The van der Waals surface area contributed by atoms with E-state index in [1.165, 1.54) is 5.56 Å². The first-order valence-electron chi connectivity index (χ1n) is 8.68. The zero-order chi connectivity index (χ0) is 16.6. The highest BCUT2D eigenvalue weighted by molar-refractivity contribution is 5.46. The average Bonchev–Trinajstić information content (AvgIpc) is 2.94. The molecular formula is C19H29NO3. The number of methoxy groups -OCH3 is 2. The van der Waals surface area contributed by atoms with E-state index in [1.54, 1.807) is 14.2 Å². The third-order valence-corrected chi connectivity index (χ3v) is 5.90. The molecule has 1 saturated carbocycles. The minimum absolute atomic E-state index is 0.128. The van der Waals surface area contributed by atoms with Crippen molar-refractivity contribution < 1.29 is 14.6 Å². The predicted octanol–water partition coefficient (Wildman–Crippen LogP) is 2.97. The molecule has 3 rings (SSSR count). The maximum absolute atomic E-state index is 10.2. The van der Waals surface area contributed by atoms with E-state index < -0.39 is 0 Å². The molecule has 1 aliphatic carbocycles. The fraction of sp³-hybridized carbons (Fsp3) is 0.684. The molecule has 0 amide bonds. The number of nitrogens with zero attached hydrogens (tertiary/aromatic N) is 1. The highest BCUT2D eigenvalue weighted by atomic mass is 16.5. The van der Waals surface area contributed by atoms with Gasteiger partial charge in [-0.2, -0.15) is 0 Å². The van der Waals surface area contributed by atoms with Gasteiger partial charge in [-0.1, -0.05) is 6.07 Å². The van der Waals surface area contributed by atoms with Gasteiger partial charge in [-0.15, -0.1) is 0 Å². The topological polar surface area (TPSA) is 41.9 Å². The van der Waals surface area contributed by atoms with E-state index in [-0.39, 0.29) is 11.5 Å². The Kier molecular flexibility index (Phi) is 4.56. The van der Waals surface area contributed by atoms with E-state index in [0.29, 0.717) is 12.1 Å². The fourth-order valence-corrected chi connectivity index (χ4v) is 4.67. The molecule has 1 saturated heterocycles. The zero-order valence-corrected chi connectivity index (χ0v) is 14.7. The van der Waals surface area contributed by atoms with Crippen LogP contribution in [0.5, 0.6) is 11.5 Å². The van der Waals surface area contributed by atoms with Crippen molar-refractivity contribution in [3.8, 4) is 11.5 Å². The van der Waals surface area contributed by atoms with Gasteiger partial charge in [0.05, 0.1) is 20.3 Å². The van der Waals surface area contributed by atoms with Crippen LogP contribution in [0.4, 0.5) is 0 Å². The van der Waals surface area contributed by atoms with Crippen molar-refractivity contribution in [3.63, 3.8) is 0 Å². The summed E-state index contributed by atoms with van der Waals surface area (Å²) in [5.41, 5.74) is 1.46. The van der Waals surface area contributed by atoms with E-state index in [0.717, 1.165) is 43.7 Å². The number of aliphatic hydroxyl groups excluding tert-OH is 1. The number of aliphatic hydroxyl groups is 1. The van der Waals surface area contributed by atoms with Crippen LogP contribution in [0.3, 0.4) is 0 Å². The van der Waals surface area contributed by atoms with E-state index in [2.05, 4.69) is 30.9 Å². The van der Waals surface area contributed by atoms with E-state index in [1.807, 2.05) is 6.07 Å². The molecule has 128 valence electrons. The van der Waals surface area contributed by atoms with Crippen LogP contribution >= 0.6 is 0 Å². The van der Waals surface area contributed by atoms with Crippen molar-refractivity contribution in [1.29, 1.82) is 0 Å². The summed E-state index contributed by atoms with van der Waals surface area (Å²) < 4.78 is 10.9. The monoisotopic (exact) mass is 319 g/mol. The average molecular weight is 319 g/mol. The normalized spacial score (nSPS) is 31.2. The number of fused-ring (bicyclic) bond motifs is 1. The molecule has 1 aromatic rings. The number of likely N-dealkylation sites (tertiary alicyclic amines) is 1. The Bertz CT molecular complexity index is 560. The number of ether oxygens (including phenoxy) is 2. The molecule has 1 aromatic carbocycles. The lowest BCUT2D eigenvalue weighted by atomic mass is 9.65. The van der Waals surface area contributed by atoms with Crippen molar-refractivity contribution in [2.75, 3.05) is 20.8 Å². The Morgan fingerprint density at radius 2 is 1.91 bits per heavy atom. The number of hydrogen-bond acceptors (Lipinski definition) is 4. The minimum Gasteiger partial charge on any atom is -0.493 e. The molecule has 0 spiro atoms. The van der Waals surface area contributed by atoms with Crippen LogP contribution in [0.25, 0.3) is 0 Å². The summed E-state index contributed by atoms with van der Waals surface area (Å²) in [5.74, 6) is 1.58. The Morgan fingerprint density at radius 3 is 2.57 bits per heavy atom. The van der Waals surface area contributed by atoms with Crippen LogP contribution in [0.1, 0.15) is 45.1 Å². The SMILES string of the molecule is COc1ccc([C@@]23CC[C@@H](O)C[C@@H]2N(C(C)C)CC3)cc1OC. The Labute approximate surface area is 139 Å². The van der Waals surface area contributed by atoms with Crippen molar-refractivity contribution >= 4 is 0 Å². The molecule has 0 bridgehead atoms. The zero-order valence-electron chi connectivity index (χ0n) is 14.7. The van der Waals surface area contributed by atoms with E-state index >= 15 is 0 Å². The second-order valence-electron chi connectivity index (χ2n) is 7.25. The summed E-state index contributed by atoms with van der Waals surface area (Å²) in [5, 5.41) is 10.2. The minimum atomic E-state index is -0.174. The molecule has 23 heavy (non-hydrogen) atoms.